The summed E-state index contributed by atoms with van der Waals surface area (Å²) in [5, 5.41) is 8.10. The first-order valence-electron chi connectivity index (χ1n) is 6.78. The molecule has 19 heavy (non-hydrogen) atoms. The molecule has 0 unspecified atom stereocenters. The zero-order valence-electron chi connectivity index (χ0n) is 13.7. The maximum absolute atomic E-state index is 6.03. The van der Waals surface area contributed by atoms with Crippen molar-refractivity contribution in [1.82, 2.24) is 15.0 Å². The predicted molar refractivity (Wildman–Crippen MR) is 76.7 cm³/mol. The van der Waals surface area contributed by atoms with Gasteiger partial charge in [0.1, 0.15) is 11.3 Å². The van der Waals surface area contributed by atoms with Gasteiger partial charge in [0.2, 0.25) is 0 Å². The Hall–Kier alpha value is -0.940. The van der Waals surface area contributed by atoms with Gasteiger partial charge < -0.3 is 9.22 Å². The van der Waals surface area contributed by atoms with E-state index in [0.717, 1.165) is 16.6 Å². The molecule has 0 saturated heterocycles. The molecule has 0 fully saturated rings. The molecule has 0 aliphatic heterocycles. The van der Waals surface area contributed by atoms with Crippen LogP contribution in [0.25, 0.3) is 0 Å². The number of quaternary nitrogens is 1. The first-order valence-corrected chi connectivity index (χ1v) is 6.78. The highest BCUT2D eigenvalue weighted by atomic mass is 16.5. The summed E-state index contributed by atoms with van der Waals surface area (Å²) in [6.45, 7) is 9.33. The summed E-state index contributed by atoms with van der Waals surface area (Å²) in [4.78, 5) is 0. The van der Waals surface area contributed by atoms with Gasteiger partial charge in [-0.15, -0.1) is 5.10 Å². The highest BCUT2D eigenvalue weighted by molar-refractivity contribution is 5.03. The minimum atomic E-state index is -0.394. The fourth-order valence-corrected chi connectivity index (χ4v) is 1.59. The SMILES string of the molecule is Cn1cc(C(C)(C)OCCC(C)(C)[N+](C)(C)C)nn1. The molecular formula is C14H29N4O+. The standard InChI is InChI=1S/C14H29N4O/c1-13(2,18(6,7)8)9-10-19-14(3,4)12-11-17(5)16-15-12/h11H,9-10H2,1-8H3/q+1. The van der Waals surface area contributed by atoms with Gasteiger partial charge in [-0.2, -0.15) is 0 Å². The van der Waals surface area contributed by atoms with Crippen molar-refractivity contribution in [2.75, 3.05) is 27.7 Å². The Bertz CT molecular complexity index is 415. The molecule has 110 valence electrons. The number of rotatable bonds is 6. The number of aryl methyl sites for hydroxylation is 1. The van der Waals surface area contributed by atoms with Crippen molar-refractivity contribution in [2.45, 2.75) is 45.3 Å². The lowest BCUT2D eigenvalue weighted by Gasteiger charge is -2.42. The normalized spacial score (nSPS) is 13.9. The van der Waals surface area contributed by atoms with Crippen molar-refractivity contribution in [3.05, 3.63) is 11.9 Å². The van der Waals surface area contributed by atoms with E-state index >= 15 is 0 Å². The van der Waals surface area contributed by atoms with E-state index in [1.807, 2.05) is 27.1 Å². The van der Waals surface area contributed by atoms with E-state index in [2.05, 4.69) is 45.3 Å². The Balaban J connectivity index is 2.58. The smallest absolute Gasteiger partial charge is 0.114 e. The van der Waals surface area contributed by atoms with Crippen LogP contribution in [0.1, 0.15) is 39.8 Å². The van der Waals surface area contributed by atoms with Crippen molar-refractivity contribution < 1.29 is 9.22 Å². The summed E-state index contributed by atoms with van der Waals surface area (Å²) in [6, 6.07) is 0. The van der Waals surface area contributed by atoms with Gasteiger partial charge >= 0.3 is 0 Å². The van der Waals surface area contributed by atoms with Crippen LogP contribution >= 0.6 is 0 Å². The van der Waals surface area contributed by atoms with E-state index in [0.29, 0.717) is 6.61 Å². The fourth-order valence-electron chi connectivity index (χ4n) is 1.59. The molecule has 1 heterocycles. The highest BCUT2D eigenvalue weighted by Gasteiger charge is 2.33. The van der Waals surface area contributed by atoms with Gasteiger partial charge in [0.15, 0.2) is 0 Å². The van der Waals surface area contributed by atoms with E-state index in [1.165, 1.54) is 0 Å². The molecule has 0 radical (unpaired) electrons. The van der Waals surface area contributed by atoms with Crippen molar-refractivity contribution in [2.24, 2.45) is 7.05 Å². The highest BCUT2D eigenvalue weighted by Crippen LogP contribution is 2.26. The van der Waals surface area contributed by atoms with Gasteiger partial charge in [0.05, 0.1) is 39.5 Å². The van der Waals surface area contributed by atoms with Gasteiger partial charge in [-0.3, -0.25) is 4.68 Å². The molecule has 1 rings (SSSR count). The summed E-state index contributed by atoms with van der Waals surface area (Å²) in [5.74, 6) is 0. The van der Waals surface area contributed by atoms with Crippen molar-refractivity contribution in [1.29, 1.82) is 0 Å². The van der Waals surface area contributed by atoms with Crippen LogP contribution in [-0.2, 0) is 17.4 Å². The summed E-state index contributed by atoms with van der Waals surface area (Å²) < 4.78 is 8.66. The molecule has 1 aromatic rings. The largest absolute Gasteiger partial charge is 0.369 e. The Morgan fingerprint density at radius 3 is 2.21 bits per heavy atom. The topological polar surface area (TPSA) is 39.9 Å². The van der Waals surface area contributed by atoms with E-state index in [4.69, 9.17) is 4.74 Å². The Morgan fingerprint density at radius 1 is 1.21 bits per heavy atom. The molecule has 0 aliphatic rings. The number of ether oxygens (including phenoxy) is 1. The van der Waals surface area contributed by atoms with E-state index in [9.17, 15) is 0 Å². The second-order valence-electron chi connectivity index (χ2n) is 7.21. The summed E-state index contributed by atoms with van der Waals surface area (Å²) in [5.41, 5.74) is 0.659. The van der Waals surface area contributed by atoms with Crippen LogP contribution < -0.4 is 0 Å². The van der Waals surface area contributed by atoms with Gasteiger partial charge in [0.25, 0.3) is 0 Å². The average Bonchev–Trinajstić information content (AvgIpc) is 2.63. The van der Waals surface area contributed by atoms with Crippen molar-refractivity contribution >= 4 is 0 Å². The van der Waals surface area contributed by atoms with Gasteiger partial charge in [-0.1, -0.05) is 5.21 Å². The molecule has 0 amide bonds. The van der Waals surface area contributed by atoms with E-state index in [-0.39, 0.29) is 5.54 Å². The maximum Gasteiger partial charge on any atom is 0.114 e. The summed E-state index contributed by atoms with van der Waals surface area (Å²) in [6.07, 6.45) is 2.91. The monoisotopic (exact) mass is 269 g/mol. The maximum atomic E-state index is 6.03. The molecule has 1 aromatic heterocycles. The zero-order valence-corrected chi connectivity index (χ0v) is 13.7. The average molecular weight is 269 g/mol. The third kappa shape index (κ3) is 4.01. The zero-order chi connectivity index (χ0) is 14.9. The quantitative estimate of drug-likeness (QED) is 0.741. The van der Waals surface area contributed by atoms with Crippen molar-refractivity contribution in [3.8, 4) is 0 Å². The first kappa shape index (κ1) is 16.1. The lowest BCUT2D eigenvalue weighted by Crippen LogP contribution is -2.53. The fraction of sp³-hybridized carbons (Fsp3) is 0.857. The number of aromatic nitrogens is 3. The van der Waals surface area contributed by atoms with Crippen LogP contribution in [0.3, 0.4) is 0 Å². The molecule has 0 saturated carbocycles. The molecule has 5 nitrogen and oxygen atoms in total. The van der Waals surface area contributed by atoms with E-state index < -0.39 is 5.60 Å². The predicted octanol–water partition coefficient (Wildman–Crippen LogP) is 1.94. The molecule has 0 bridgehead atoms. The van der Waals surface area contributed by atoms with Crippen LogP contribution in [0.4, 0.5) is 0 Å². The Morgan fingerprint density at radius 2 is 1.79 bits per heavy atom. The lowest BCUT2D eigenvalue weighted by molar-refractivity contribution is -0.920. The van der Waals surface area contributed by atoms with Gasteiger partial charge in [-0.25, -0.2) is 0 Å². The van der Waals surface area contributed by atoms with Crippen LogP contribution in [0.2, 0.25) is 0 Å². The second-order valence-corrected chi connectivity index (χ2v) is 7.21. The van der Waals surface area contributed by atoms with Crippen LogP contribution in [0.5, 0.6) is 0 Å². The summed E-state index contributed by atoms with van der Waals surface area (Å²) >= 11 is 0. The third-order valence-corrected chi connectivity index (χ3v) is 4.21. The summed E-state index contributed by atoms with van der Waals surface area (Å²) in [7, 11) is 8.52. The minimum Gasteiger partial charge on any atom is -0.369 e. The molecule has 0 aromatic carbocycles. The number of hydrogen-bond donors (Lipinski definition) is 0. The molecule has 5 heteroatoms. The van der Waals surface area contributed by atoms with Gasteiger partial charge in [0, 0.05) is 13.5 Å². The van der Waals surface area contributed by atoms with Crippen LogP contribution in [-0.4, -0.2) is 52.8 Å². The molecular weight excluding hydrogens is 240 g/mol. The Kier molecular flexibility index (Phi) is 4.42. The van der Waals surface area contributed by atoms with Crippen LogP contribution in [0, 0.1) is 0 Å². The second kappa shape index (κ2) is 5.21. The minimum absolute atomic E-state index is 0.179. The first-order chi connectivity index (χ1) is 8.46. The van der Waals surface area contributed by atoms with Crippen LogP contribution in [0.15, 0.2) is 6.20 Å². The number of nitrogens with zero attached hydrogens (tertiary/aromatic N) is 4. The Labute approximate surface area is 117 Å². The molecule has 0 atom stereocenters. The third-order valence-electron chi connectivity index (χ3n) is 4.21. The molecule has 0 N–H and O–H groups in total. The lowest BCUT2D eigenvalue weighted by atomic mass is 9.97. The van der Waals surface area contributed by atoms with Gasteiger partial charge in [-0.05, 0) is 27.7 Å². The molecule has 0 spiro atoms. The van der Waals surface area contributed by atoms with E-state index in [1.54, 1.807) is 4.68 Å². The van der Waals surface area contributed by atoms with Crippen molar-refractivity contribution in [3.63, 3.8) is 0 Å². The number of hydrogen-bond acceptors (Lipinski definition) is 3. The molecule has 0 aliphatic carbocycles.